The van der Waals surface area contributed by atoms with Gasteiger partial charge in [0.25, 0.3) is 0 Å². The molecule has 2 aromatic heterocycles. The fraction of sp³-hybridized carbons (Fsp3) is 0.400. The minimum Gasteiger partial charge on any atom is -0.356 e. The van der Waals surface area contributed by atoms with Crippen LogP contribution < -0.4 is 5.32 Å². The lowest BCUT2D eigenvalue weighted by Gasteiger charge is -2.03. The van der Waals surface area contributed by atoms with Crippen molar-refractivity contribution >= 4 is 5.95 Å². The number of unbranched alkanes of at least 4 members (excludes halogenated alkanes) is 1. The van der Waals surface area contributed by atoms with Gasteiger partial charge in [0.2, 0.25) is 0 Å². The summed E-state index contributed by atoms with van der Waals surface area (Å²) in [7, 11) is 0. The average molecular weight is 205 g/mol. The summed E-state index contributed by atoms with van der Waals surface area (Å²) in [6.45, 7) is 1.97. The Morgan fingerprint density at radius 2 is 2.33 bits per heavy atom. The van der Waals surface area contributed by atoms with Gasteiger partial charge < -0.3 is 14.9 Å². The van der Waals surface area contributed by atoms with Crippen molar-refractivity contribution in [2.24, 2.45) is 0 Å². The zero-order valence-corrected chi connectivity index (χ0v) is 8.56. The van der Waals surface area contributed by atoms with Crippen LogP contribution in [0.2, 0.25) is 0 Å². The third-order valence-corrected chi connectivity index (χ3v) is 2.19. The molecule has 80 valence electrons. The van der Waals surface area contributed by atoms with E-state index in [-0.39, 0.29) is 0 Å². The van der Waals surface area contributed by atoms with E-state index in [1.807, 2.05) is 18.7 Å². The van der Waals surface area contributed by atoms with Gasteiger partial charge in [-0.15, -0.1) is 0 Å². The Balaban J connectivity index is 1.56. The van der Waals surface area contributed by atoms with Crippen LogP contribution in [0.5, 0.6) is 0 Å². The fourth-order valence-corrected chi connectivity index (χ4v) is 1.41. The third kappa shape index (κ3) is 3.12. The monoisotopic (exact) mass is 205 g/mol. The third-order valence-electron chi connectivity index (χ3n) is 2.19. The molecule has 0 aliphatic rings. The highest BCUT2D eigenvalue weighted by molar-refractivity contribution is 5.22. The summed E-state index contributed by atoms with van der Waals surface area (Å²) in [6, 6.07) is 0. The first kappa shape index (κ1) is 9.76. The number of aromatic amines is 1. The van der Waals surface area contributed by atoms with Crippen LogP contribution in [0.3, 0.4) is 0 Å². The SMILES string of the molecule is c1cn(CCCCNc2ncc[nH]2)cn1. The number of aryl methyl sites for hydroxylation is 1. The molecule has 0 fully saturated rings. The van der Waals surface area contributed by atoms with Crippen molar-refractivity contribution in [2.75, 3.05) is 11.9 Å². The largest absolute Gasteiger partial charge is 0.356 e. The normalized spacial score (nSPS) is 10.4. The summed E-state index contributed by atoms with van der Waals surface area (Å²) >= 11 is 0. The molecule has 2 N–H and O–H groups in total. The molecule has 0 aliphatic heterocycles. The van der Waals surface area contributed by atoms with Gasteiger partial charge in [-0.3, -0.25) is 0 Å². The second-order valence-corrected chi connectivity index (χ2v) is 3.37. The minimum absolute atomic E-state index is 0.845. The van der Waals surface area contributed by atoms with E-state index < -0.39 is 0 Å². The Morgan fingerprint density at radius 1 is 1.33 bits per heavy atom. The van der Waals surface area contributed by atoms with Gasteiger partial charge in [-0.25, -0.2) is 9.97 Å². The number of anilines is 1. The molecular weight excluding hydrogens is 190 g/mol. The Labute approximate surface area is 88.6 Å². The quantitative estimate of drug-likeness (QED) is 0.702. The smallest absolute Gasteiger partial charge is 0.200 e. The summed E-state index contributed by atoms with van der Waals surface area (Å²) in [5.74, 6) is 0.845. The van der Waals surface area contributed by atoms with Crippen molar-refractivity contribution < 1.29 is 0 Å². The lowest BCUT2D eigenvalue weighted by atomic mass is 10.3. The Kier molecular flexibility index (Phi) is 3.38. The van der Waals surface area contributed by atoms with Crippen molar-refractivity contribution in [1.82, 2.24) is 19.5 Å². The molecule has 5 heteroatoms. The van der Waals surface area contributed by atoms with Gasteiger partial charge in [0.05, 0.1) is 6.33 Å². The van der Waals surface area contributed by atoms with E-state index in [0.29, 0.717) is 0 Å². The molecule has 0 aromatic carbocycles. The molecule has 2 rings (SSSR count). The van der Waals surface area contributed by atoms with E-state index in [4.69, 9.17) is 0 Å². The standard InChI is InChI=1S/C10H15N5/c1(2-7-15-8-6-11-9-15)3-12-10-13-4-5-14-10/h4-6,8-9H,1-3,7H2,(H2,12,13,14). The Hall–Kier alpha value is -1.78. The van der Waals surface area contributed by atoms with Gasteiger partial charge >= 0.3 is 0 Å². The van der Waals surface area contributed by atoms with Crippen LogP contribution >= 0.6 is 0 Å². The zero-order chi connectivity index (χ0) is 10.3. The molecule has 15 heavy (non-hydrogen) atoms. The number of hydrogen-bond donors (Lipinski definition) is 2. The maximum absolute atomic E-state index is 4.08. The number of nitrogens with one attached hydrogen (secondary N) is 2. The van der Waals surface area contributed by atoms with Crippen LogP contribution in [0.15, 0.2) is 31.1 Å². The molecule has 0 bridgehead atoms. The summed E-state index contributed by atoms with van der Waals surface area (Å²) in [5.41, 5.74) is 0. The summed E-state index contributed by atoms with van der Waals surface area (Å²) in [5, 5.41) is 3.21. The van der Waals surface area contributed by atoms with E-state index in [1.165, 1.54) is 0 Å². The van der Waals surface area contributed by atoms with Gasteiger partial charge in [0, 0.05) is 37.9 Å². The molecule has 0 radical (unpaired) electrons. The molecule has 5 nitrogen and oxygen atoms in total. The van der Waals surface area contributed by atoms with Crippen LogP contribution in [0, 0.1) is 0 Å². The maximum atomic E-state index is 4.08. The first-order chi connectivity index (χ1) is 7.45. The average Bonchev–Trinajstić information content (AvgIpc) is 2.88. The van der Waals surface area contributed by atoms with Crippen LogP contribution in [0.1, 0.15) is 12.8 Å². The fourth-order valence-electron chi connectivity index (χ4n) is 1.41. The molecular formula is C10H15N5. The predicted molar refractivity (Wildman–Crippen MR) is 58.5 cm³/mol. The van der Waals surface area contributed by atoms with Crippen molar-refractivity contribution in [3.63, 3.8) is 0 Å². The number of H-pyrrole nitrogens is 1. The minimum atomic E-state index is 0.845. The second kappa shape index (κ2) is 5.19. The highest BCUT2D eigenvalue weighted by Crippen LogP contribution is 1.98. The van der Waals surface area contributed by atoms with Gasteiger partial charge in [-0.1, -0.05) is 0 Å². The Morgan fingerprint density at radius 3 is 3.07 bits per heavy atom. The second-order valence-electron chi connectivity index (χ2n) is 3.37. The predicted octanol–water partition coefficient (Wildman–Crippen LogP) is 1.50. The number of nitrogens with zero attached hydrogens (tertiary/aromatic N) is 3. The first-order valence-corrected chi connectivity index (χ1v) is 5.14. The molecule has 0 saturated heterocycles. The number of hydrogen-bond acceptors (Lipinski definition) is 3. The van der Waals surface area contributed by atoms with Crippen molar-refractivity contribution in [3.05, 3.63) is 31.1 Å². The van der Waals surface area contributed by atoms with E-state index >= 15 is 0 Å². The molecule has 0 spiro atoms. The molecule has 0 unspecified atom stereocenters. The Bertz CT molecular complexity index is 315. The lowest BCUT2D eigenvalue weighted by Crippen LogP contribution is -2.04. The topological polar surface area (TPSA) is 58.5 Å². The lowest BCUT2D eigenvalue weighted by molar-refractivity contribution is 0.620. The number of aromatic nitrogens is 4. The molecule has 0 atom stereocenters. The van der Waals surface area contributed by atoms with E-state index in [0.717, 1.165) is 31.9 Å². The van der Waals surface area contributed by atoms with E-state index in [2.05, 4.69) is 24.8 Å². The van der Waals surface area contributed by atoms with Crippen molar-refractivity contribution in [3.8, 4) is 0 Å². The van der Waals surface area contributed by atoms with Crippen molar-refractivity contribution in [1.29, 1.82) is 0 Å². The molecule has 2 aromatic rings. The maximum Gasteiger partial charge on any atom is 0.200 e. The molecule has 0 saturated carbocycles. The van der Waals surface area contributed by atoms with Crippen molar-refractivity contribution in [2.45, 2.75) is 19.4 Å². The zero-order valence-electron chi connectivity index (χ0n) is 8.56. The van der Waals surface area contributed by atoms with Gasteiger partial charge in [-0.05, 0) is 12.8 Å². The number of rotatable bonds is 6. The van der Waals surface area contributed by atoms with Crippen LogP contribution in [-0.4, -0.2) is 26.1 Å². The molecule has 0 aliphatic carbocycles. The summed E-state index contributed by atoms with van der Waals surface area (Å²) in [6.07, 6.45) is 11.5. The van der Waals surface area contributed by atoms with Gasteiger partial charge in [0.1, 0.15) is 0 Å². The van der Waals surface area contributed by atoms with Crippen LogP contribution in [-0.2, 0) is 6.54 Å². The molecule has 0 amide bonds. The highest BCUT2D eigenvalue weighted by Gasteiger charge is 1.93. The van der Waals surface area contributed by atoms with Crippen LogP contribution in [0.25, 0.3) is 0 Å². The van der Waals surface area contributed by atoms with Gasteiger partial charge in [-0.2, -0.15) is 0 Å². The first-order valence-electron chi connectivity index (χ1n) is 5.14. The molecule has 2 heterocycles. The summed E-state index contributed by atoms with van der Waals surface area (Å²) in [4.78, 5) is 11.1. The number of imidazole rings is 2. The van der Waals surface area contributed by atoms with E-state index in [1.54, 1.807) is 12.4 Å². The summed E-state index contributed by atoms with van der Waals surface area (Å²) < 4.78 is 2.09. The van der Waals surface area contributed by atoms with Crippen LogP contribution in [0.4, 0.5) is 5.95 Å². The highest BCUT2D eigenvalue weighted by atomic mass is 15.1. The van der Waals surface area contributed by atoms with E-state index in [9.17, 15) is 0 Å². The van der Waals surface area contributed by atoms with Gasteiger partial charge in [0.15, 0.2) is 5.95 Å².